The predicted octanol–water partition coefficient (Wildman–Crippen LogP) is 8.49. The summed E-state index contributed by atoms with van der Waals surface area (Å²) in [6.45, 7) is 2.25. The van der Waals surface area contributed by atoms with E-state index in [-0.39, 0.29) is 17.3 Å². The van der Waals surface area contributed by atoms with Crippen LogP contribution >= 0.6 is 0 Å². The fraction of sp³-hybridized carbons (Fsp3) is 0.667. The maximum absolute atomic E-state index is 14.5. The molecule has 0 nitrogen and oxygen atoms in total. The van der Waals surface area contributed by atoms with Gasteiger partial charge in [-0.1, -0.05) is 57.6 Å². The Morgan fingerprint density at radius 3 is 2.26 bits per heavy atom. The van der Waals surface area contributed by atoms with E-state index >= 15 is 0 Å². The van der Waals surface area contributed by atoms with Gasteiger partial charge in [-0.3, -0.25) is 0 Å². The Morgan fingerprint density at radius 1 is 0.926 bits per heavy atom. The molecule has 2 fully saturated rings. The normalized spacial score (nSPS) is 25.3. The quantitative estimate of drug-likeness (QED) is 0.398. The zero-order chi connectivity index (χ0) is 19.2. The van der Waals surface area contributed by atoms with Crippen molar-refractivity contribution in [1.29, 1.82) is 0 Å². The van der Waals surface area contributed by atoms with Crippen LogP contribution in [0.5, 0.6) is 0 Å². The van der Waals surface area contributed by atoms with E-state index in [1.54, 1.807) is 6.07 Å². The molecular weight excluding hydrogens is 345 g/mol. The van der Waals surface area contributed by atoms with E-state index in [0.717, 1.165) is 24.3 Å². The second-order valence-electron chi connectivity index (χ2n) is 8.67. The molecule has 27 heavy (non-hydrogen) atoms. The fourth-order valence-electron chi connectivity index (χ4n) is 4.86. The summed E-state index contributed by atoms with van der Waals surface area (Å²) in [6.07, 6.45) is 12.0. The topological polar surface area (TPSA) is 0 Å². The average molecular weight is 379 g/mol. The highest BCUT2D eigenvalue weighted by Gasteiger charge is 2.31. The molecule has 2 aliphatic rings. The second kappa shape index (κ2) is 9.80. The van der Waals surface area contributed by atoms with E-state index in [0.29, 0.717) is 24.3 Å². The summed E-state index contributed by atoms with van der Waals surface area (Å²) in [7, 11) is 0. The molecule has 1 aromatic carbocycles. The first kappa shape index (κ1) is 20.5. The summed E-state index contributed by atoms with van der Waals surface area (Å²) in [4.78, 5) is 0. The molecule has 0 saturated heterocycles. The van der Waals surface area contributed by atoms with Gasteiger partial charge in [0.25, 0.3) is 6.08 Å². The SMILES string of the molecule is CCCCCCC[C@H]1CC[C@H](c2ccc(C3CC(=C(F)F)C3)c(F)c2)CC1. The third kappa shape index (κ3) is 5.39. The minimum absolute atomic E-state index is 0.0704. The van der Waals surface area contributed by atoms with Gasteiger partial charge in [0, 0.05) is 0 Å². The number of benzene rings is 1. The van der Waals surface area contributed by atoms with Crippen molar-refractivity contribution in [2.24, 2.45) is 5.92 Å². The number of unbranched alkanes of at least 4 members (excludes halogenated alkanes) is 4. The molecule has 0 spiro atoms. The maximum Gasteiger partial charge on any atom is 0.269 e. The summed E-state index contributed by atoms with van der Waals surface area (Å²) in [5.41, 5.74) is 1.91. The predicted molar refractivity (Wildman–Crippen MR) is 106 cm³/mol. The number of allylic oxidation sites excluding steroid dienone is 1. The third-order valence-electron chi connectivity index (χ3n) is 6.75. The Balaban J connectivity index is 1.46. The van der Waals surface area contributed by atoms with Crippen molar-refractivity contribution in [2.75, 3.05) is 0 Å². The molecule has 1 aromatic rings. The summed E-state index contributed by atoms with van der Waals surface area (Å²) >= 11 is 0. The van der Waals surface area contributed by atoms with Gasteiger partial charge in [0.15, 0.2) is 0 Å². The highest BCUT2D eigenvalue weighted by atomic mass is 19.3. The molecule has 2 aliphatic carbocycles. The monoisotopic (exact) mass is 378 g/mol. The van der Waals surface area contributed by atoms with Crippen LogP contribution in [-0.2, 0) is 0 Å². The molecule has 2 saturated carbocycles. The number of hydrogen-bond donors (Lipinski definition) is 0. The van der Waals surface area contributed by atoms with Crippen molar-refractivity contribution in [2.45, 2.75) is 95.8 Å². The molecule has 0 N–H and O–H groups in total. The first-order valence-corrected chi connectivity index (χ1v) is 10.9. The fourth-order valence-corrected chi connectivity index (χ4v) is 4.86. The summed E-state index contributed by atoms with van der Waals surface area (Å²) < 4.78 is 39.6. The highest BCUT2D eigenvalue weighted by molar-refractivity contribution is 5.35. The lowest BCUT2D eigenvalue weighted by Crippen LogP contribution is -2.16. The van der Waals surface area contributed by atoms with Crippen LogP contribution in [0.3, 0.4) is 0 Å². The second-order valence-corrected chi connectivity index (χ2v) is 8.67. The Hall–Kier alpha value is -1.25. The summed E-state index contributed by atoms with van der Waals surface area (Å²) in [5.74, 6) is 1.04. The van der Waals surface area contributed by atoms with Gasteiger partial charge < -0.3 is 0 Å². The van der Waals surface area contributed by atoms with Crippen LogP contribution in [0, 0.1) is 11.7 Å². The van der Waals surface area contributed by atoms with Crippen molar-refractivity contribution in [3.05, 3.63) is 46.8 Å². The van der Waals surface area contributed by atoms with E-state index in [9.17, 15) is 13.2 Å². The zero-order valence-corrected chi connectivity index (χ0v) is 16.6. The molecule has 0 radical (unpaired) electrons. The minimum atomic E-state index is -1.58. The lowest BCUT2D eigenvalue weighted by atomic mass is 9.74. The van der Waals surface area contributed by atoms with Crippen LogP contribution in [0.15, 0.2) is 29.9 Å². The van der Waals surface area contributed by atoms with E-state index in [1.165, 1.54) is 51.4 Å². The molecule has 0 amide bonds. The van der Waals surface area contributed by atoms with Gasteiger partial charge in [-0.2, -0.15) is 8.78 Å². The van der Waals surface area contributed by atoms with E-state index in [1.807, 2.05) is 12.1 Å². The van der Waals surface area contributed by atoms with Gasteiger partial charge in [-0.25, -0.2) is 4.39 Å². The van der Waals surface area contributed by atoms with Gasteiger partial charge in [-0.15, -0.1) is 0 Å². The Kier molecular flexibility index (Phi) is 7.43. The van der Waals surface area contributed by atoms with Gasteiger partial charge in [0.05, 0.1) is 0 Å². The van der Waals surface area contributed by atoms with Gasteiger partial charge in [0.2, 0.25) is 0 Å². The maximum atomic E-state index is 14.5. The van der Waals surface area contributed by atoms with Crippen molar-refractivity contribution in [1.82, 2.24) is 0 Å². The molecule has 0 heterocycles. The smallest absolute Gasteiger partial charge is 0.207 e. The lowest BCUT2D eigenvalue weighted by molar-refractivity contribution is 0.301. The first-order chi connectivity index (χ1) is 13.1. The van der Waals surface area contributed by atoms with Gasteiger partial charge >= 0.3 is 0 Å². The first-order valence-electron chi connectivity index (χ1n) is 10.9. The van der Waals surface area contributed by atoms with Crippen LogP contribution < -0.4 is 0 Å². The van der Waals surface area contributed by atoms with Crippen LogP contribution in [0.4, 0.5) is 13.2 Å². The molecule has 3 rings (SSSR count). The minimum Gasteiger partial charge on any atom is -0.207 e. The van der Waals surface area contributed by atoms with Crippen molar-refractivity contribution in [3.8, 4) is 0 Å². The highest BCUT2D eigenvalue weighted by Crippen LogP contribution is 2.45. The molecule has 0 atom stereocenters. The Labute approximate surface area is 162 Å². The van der Waals surface area contributed by atoms with Gasteiger partial charge in [-0.05, 0) is 79.0 Å². The Morgan fingerprint density at radius 2 is 1.63 bits per heavy atom. The molecule has 0 unspecified atom stereocenters. The standard InChI is InChI=1S/C24H33F3/c1-2-3-4-5-6-7-17-8-10-18(11-9-17)19-12-13-22(23(25)16-19)20-14-21(15-20)24(26)27/h12-13,16-18,20H,2-11,14-15H2,1H3/t17-,18-. The van der Waals surface area contributed by atoms with E-state index in [2.05, 4.69) is 6.92 Å². The average Bonchev–Trinajstić information content (AvgIpc) is 2.62. The largest absolute Gasteiger partial charge is 0.269 e. The number of rotatable bonds is 8. The van der Waals surface area contributed by atoms with Crippen molar-refractivity contribution < 1.29 is 13.2 Å². The number of hydrogen-bond acceptors (Lipinski definition) is 0. The Bertz CT molecular complexity index is 629. The van der Waals surface area contributed by atoms with Crippen LogP contribution in [0.2, 0.25) is 0 Å². The molecule has 0 aromatic heterocycles. The lowest BCUT2D eigenvalue weighted by Gasteiger charge is -2.31. The van der Waals surface area contributed by atoms with E-state index in [4.69, 9.17) is 0 Å². The van der Waals surface area contributed by atoms with Crippen molar-refractivity contribution in [3.63, 3.8) is 0 Å². The van der Waals surface area contributed by atoms with Crippen LogP contribution in [0.1, 0.15) is 107 Å². The van der Waals surface area contributed by atoms with Crippen LogP contribution in [-0.4, -0.2) is 0 Å². The molecule has 3 heteroatoms. The molecule has 150 valence electrons. The third-order valence-corrected chi connectivity index (χ3v) is 6.75. The molecule has 0 aliphatic heterocycles. The van der Waals surface area contributed by atoms with Gasteiger partial charge in [0.1, 0.15) is 5.82 Å². The molecule has 0 bridgehead atoms. The van der Waals surface area contributed by atoms with E-state index < -0.39 is 6.08 Å². The summed E-state index contributed by atoms with van der Waals surface area (Å²) in [5, 5.41) is 0. The van der Waals surface area contributed by atoms with Crippen molar-refractivity contribution >= 4 is 0 Å². The molecular formula is C24H33F3. The zero-order valence-electron chi connectivity index (χ0n) is 16.6. The number of halogens is 3. The van der Waals surface area contributed by atoms with Crippen LogP contribution in [0.25, 0.3) is 0 Å². The summed E-state index contributed by atoms with van der Waals surface area (Å²) in [6, 6.07) is 5.57.